The van der Waals surface area contributed by atoms with Crippen molar-refractivity contribution >= 4 is 34.2 Å². The van der Waals surface area contributed by atoms with Crippen molar-refractivity contribution in [3.8, 4) is 33.3 Å². The number of likely N-dealkylation sites (tertiary alicyclic amines) is 2. The molecule has 4 aromatic heterocycles. The van der Waals surface area contributed by atoms with Gasteiger partial charge in [0, 0.05) is 61.2 Å². The Morgan fingerprint density at radius 2 is 1.81 bits per heavy atom. The van der Waals surface area contributed by atoms with E-state index in [4.69, 9.17) is 9.26 Å². The number of ether oxygens (including phenoxy) is 1. The van der Waals surface area contributed by atoms with E-state index in [2.05, 4.69) is 41.6 Å². The summed E-state index contributed by atoms with van der Waals surface area (Å²) in [5.74, 6) is 0.917. The summed E-state index contributed by atoms with van der Waals surface area (Å²) in [6, 6.07) is 19.9. The minimum Gasteiger partial charge on any atom is -0.507 e. The number of aliphatic hydroxyl groups is 1. The standard InChI is InChI=1S/C44H48N8O6S/c1-23(2)39(44(56)52-19-29(53)17-35(52)43(55)46-24(3)26-9-11-27(12-10-26)41-25(4)45-22-59-41)37-18-38(50-58-37)57-14-13-51-20-31-32(21-51)40(31)34-16-28-15-33(48-49-42(28)47-34)30-7-5-6-8-36(30)54/h5-12,15-16,18,22-24,29,31-32,35,39-40,53-54H,13-14,17,19-21H2,1-4H3,(H,46,55)(H,47,49)/t24-,29+,31-,32+,35-,39+,40+/m0/s1. The highest BCUT2D eigenvalue weighted by molar-refractivity contribution is 7.13. The molecular formula is C44H48N8O6S. The lowest BCUT2D eigenvalue weighted by Gasteiger charge is -2.29. The summed E-state index contributed by atoms with van der Waals surface area (Å²) in [5.41, 5.74) is 8.03. The molecule has 2 aliphatic heterocycles. The number of nitrogens with one attached hydrogen (secondary N) is 2. The van der Waals surface area contributed by atoms with E-state index in [-0.39, 0.29) is 42.5 Å². The van der Waals surface area contributed by atoms with Crippen molar-refractivity contribution < 1.29 is 29.1 Å². The second-order valence-electron chi connectivity index (χ2n) is 16.5. The molecule has 306 valence electrons. The molecule has 2 amide bonds. The van der Waals surface area contributed by atoms with E-state index in [1.54, 1.807) is 29.5 Å². The van der Waals surface area contributed by atoms with Crippen LogP contribution in [0.5, 0.6) is 11.6 Å². The molecule has 1 aliphatic carbocycles. The van der Waals surface area contributed by atoms with Crippen LogP contribution in [0.1, 0.15) is 67.8 Å². The average Bonchev–Trinajstić information content (AvgIpc) is 3.91. The molecule has 6 heterocycles. The van der Waals surface area contributed by atoms with E-state index in [0.717, 1.165) is 52.4 Å². The fourth-order valence-electron chi connectivity index (χ4n) is 9.09. The number of rotatable bonds is 13. The van der Waals surface area contributed by atoms with Gasteiger partial charge in [0.15, 0.2) is 11.4 Å². The molecule has 59 heavy (non-hydrogen) atoms. The van der Waals surface area contributed by atoms with Crippen LogP contribution in [0.2, 0.25) is 0 Å². The maximum absolute atomic E-state index is 14.2. The first-order valence-electron chi connectivity index (χ1n) is 20.3. The fraction of sp³-hybridized carbons (Fsp3) is 0.409. The van der Waals surface area contributed by atoms with Crippen molar-refractivity contribution in [2.24, 2.45) is 17.8 Å². The van der Waals surface area contributed by atoms with E-state index >= 15 is 0 Å². The number of benzene rings is 2. The number of H-pyrrole nitrogens is 1. The second kappa shape index (κ2) is 15.8. The number of carbonyl (C=O) groups is 2. The number of aromatic amines is 1. The van der Waals surface area contributed by atoms with Gasteiger partial charge in [-0.15, -0.1) is 21.5 Å². The third-order valence-corrected chi connectivity index (χ3v) is 13.2. The largest absolute Gasteiger partial charge is 0.507 e. The number of fused-ring (bicyclic) bond motifs is 2. The maximum atomic E-state index is 14.2. The van der Waals surface area contributed by atoms with Gasteiger partial charge in [0.1, 0.15) is 24.3 Å². The molecule has 9 rings (SSSR count). The molecule has 4 N–H and O–H groups in total. The van der Waals surface area contributed by atoms with Crippen LogP contribution in [0.4, 0.5) is 0 Å². The van der Waals surface area contributed by atoms with Gasteiger partial charge < -0.3 is 34.7 Å². The number of amides is 2. The predicted octanol–water partition coefficient (Wildman–Crippen LogP) is 6.05. The number of hydrogen-bond donors (Lipinski definition) is 4. The summed E-state index contributed by atoms with van der Waals surface area (Å²) >= 11 is 1.59. The topological polar surface area (TPSA) is 183 Å². The Morgan fingerprint density at radius 3 is 2.54 bits per heavy atom. The molecule has 2 saturated heterocycles. The summed E-state index contributed by atoms with van der Waals surface area (Å²) in [6.07, 6.45) is -0.665. The Bertz CT molecular complexity index is 2470. The number of carbonyl (C=O) groups excluding carboxylic acids is 2. The summed E-state index contributed by atoms with van der Waals surface area (Å²) in [5, 5.41) is 37.9. The molecule has 0 unspecified atom stereocenters. The van der Waals surface area contributed by atoms with Crippen LogP contribution < -0.4 is 10.1 Å². The van der Waals surface area contributed by atoms with Gasteiger partial charge in [0.05, 0.1) is 33.9 Å². The number of β-amino-alcohol motifs (C(OH)–C–C–N with tert-alkyl or cyclic N) is 1. The van der Waals surface area contributed by atoms with Gasteiger partial charge in [0.2, 0.25) is 11.8 Å². The number of aliphatic hydroxyl groups excluding tert-OH is 1. The Hall–Kier alpha value is -5.64. The van der Waals surface area contributed by atoms with Crippen LogP contribution in [0.15, 0.2) is 76.8 Å². The Balaban J connectivity index is 0.772. The molecule has 3 aliphatic rings. The fourth-order valence-corrected chi connectivity index (χ4v) is 9.91. The number of aryl methyl sites for hydroxylation is 1. The van der Waals surface area contributed by atoms with Crippen molar-refractivity contribution in [2.75, 3.05) is 32.8 Å². The van der Waals surface area contributed by atoms with E-state index < -0.39 is 18.1 Å². The zero-order valence-electron chi connectivity index (χ0n) is 33.4. The monoisotopic (exact) mass is 816 g/mol. The van der Waals surface area contributed by atoms with Gasteiger partial charge in [-0.2, -0.15) is 0 Å². The number of phenolic OH excluding ortho intramolecular Hbond substituents is 1. The zero-order valence-corrected chi connectivity index (χ0v) is 34.2. The highest BCUT2D eigenvalue weighted by Gasteiger charge is 2.56. The van der Waals surface area contributed by atoms with Crippen molar-refractivity contribution in [3.63, 3.8) is 0 Å². The Labute approximate surface area is 345 Å². The van der Waals surface area contributed by atoms with E-state index in [1.165, 1.54) is 10.6 Å². The lowest BCUT2D eigenvalue weighted by Crippen LogP contribution is -2.48. The lowest BCUT2D eigenvalue weighted by molar-refractivity contribution is -0.141. The Morgan fingerprint density at radius 1 is 1.03 bits per heavy atom. The second-order valence-corrected chi connectivity index (χ2v) is 17.4. The molecule has 15 heteroatoms. The molecule has 2 aromatic carbocycles. The molecule has 3 fully saturated rings. The SMILES string of the molecule is Cc1ncsc1-c1ccc([C@H](C)NC(=O)[C@@H]2C[C@@H](O)CN2C(=O)[C@@H](c2cc(OCCN3C[C@@H]4[C@H](C3)[C@H]4c3cc4cc(-c5ccccc5O)nnc4[nH]3)no2)C(C)C)cc1. The molecule has 7 atom stereocenters. The summed E-state index contributed by atoms with van der Waals surface area (Å²) in [4.78, 5) is 40.6. The highest BCUT2D eigenvalue weighted by Crippen LogP contribution is 2.58. The maximum Gasteiger partial charge on any atom is 0.254 e. The number of piperidine rings is 1. The van der Waals surface area contributed by atoms with Crippen LogP contribution in [0, 0.1) is 24.7 Å². The van der Waals surface area contributed by atoms with Gasteiger partial charge in [-0.25, -0.2) is 4.98 Å². The van der Waals surface area contributed by atoms with E-state index in [9.17, 15) is 19.8 Å². The van der Waals surface area contributed by atoms with Crippen molar-refractivity contribution in [2.45, 2.75) is 64.1 Å². The first kappa shape index (κ1) is 38.9. The number of aromatic hydroxyl groups is 1. The van der Waals surface area contributed by atoms with Crippen LogP contribution in [0.25, 0.3) is 32.7 Å². The molecular weight excluding hydrogens is 769 g/mol. The number of phenols is 1. The number of thiazole rings is 1. The van der Waals surface area contributed by atoms with E-state index in [0.29, 0.717) is 47.3 Å². The summed E-state index contributed by atoms with van der Waals surface area (Å²) < 4.78 is 11.7. The number of hydrogen-bond acceptors (Lipinski definition) is 12. The molecule has 14 nitrogen and oxygen atoms in total. The predicted molar refractivity (Wildman–Crippen MR) is 222 cm³/mol. The molecule has 1 saturated carbocycles. The number of aromatic nitrogens is 5. The smallest absolute Gasteiger partial charge is 0.254 e. The summed E-state index contributed by atoms with van der Waals surface area (Å²) in [6.45, 7) is 10.9. The van der Waals surface area contributed by atoms with Crippen molar-refractivity contribution in [3.05, 3.63) is 95.0 Å². The van der Waals surface area contributed by atoms with Gasteiger partial charge in [-0.05, 0) is 72.2 Å². The molecule has 6 aromatic rings. The van der Waals surface area contributed by atoms with Crippen molar-refractivity contribution in [1.82, 2.24) is 40.4 Å². The minimum atomic E-state index is -0.821. The van der Waals surface area contributed by atoms with Gasteiger partial charge in [-0.1, -0.05) is 50.2 Å². The zero-order chi connectivity index (χ0) is 40.9. The molecule has 0 bridgehead atoms. The Kier molecular flexibility index (Phi) is 10.4. The summed E-state index contributed by atoms with van der Waals surface area (Å²) in [7, 11) is 0. The van der Waals surface area contributed by atoms with Gasteiger partial charge in [0.25, 0.3) is 5.88 Å². The van der Waals surface area contributed by atoms with E-state index in [1.807, 2.05) is 75.7 Å². The van der Waals surface area contributed by atoms with Gasteiger partial charge >= 0.3 is 0 Å². The highest BCUT2D eigenvalue weighted by atomic mass is 32.1. The van der Waals surface area contributed by atoms with Crippen LogP contribution >= 0.6 is 11.3 Å². The molecule has 0 spiro atoms. The third kappa shape index (κ3) is 7.70. The van der Waals surface area contributed by atoms with Crippen LogP contribution in [0.3, 0.4) is 0 Å². The lowest BCUT2D eigenvalue weighted by atomic mass is 9.91. The van der Waals surface area contributed by atoms with Gasteiger partial charge in [-0.3, -0.25) is 14.5 Å². The molecule has 0 radical (unpaired) electrons. The number of para-hydroxylation sites is 1. The minimum absolute atomic E-state index is 0.0581. The third-order valence-electron chi connectivity index (χ3n) is 12.3. The quantitative estimate of drug-likeness (QED) is 0.106. The first-order chi connectivity index (χ1) is 28.5. The van der Waals surface area contributed by atoms with Crippen molar-refractivity contribution in [1.29, 1.82) is 0 Å². The first-order valence-corrected chi connectivity index (χ1v) is 21.2. The average molecular weight is 817 g/mol. The number of nitrogens with zero attached hydrogens (tertiary/aromatic N) is 6. The van der Waals surface area contributed by atoms with Crippen LogP contribution in [-0.2, 0) is 9.59 Å². The van der Waals surface area contributed by atoms with Crippen LogP contribution in [-0.4, -0.2) is 102 Å². The normalized spacial score (nSPS) is 22.5.